The Labute approximate surface area is 312 Å². The van der Waals surface area contributed by atoms with E-state index in [0.29, 0.717) is 16.8 Å². The topological polar surface area (TPSA) is 116 Å². The Kier molecular flexibility index (Phi) is 8.13. The maximum atomic E-state index is 14.6. The highest BCUT2D eigenvalue weighted by atomic mass is 35.5. The van der Waals surface area contributed by atoms with Crippen LogP contribution in [0.4, 0.5) is 27.1 Å². The highest BCUT2D eigenvalue weighted by Crippen LogP contribution is 2.66. The number of para-hydroxylation sites is 1. The fraction of sp³-hybridized carbons (Fsp3) is 0.231. The summed E-state index contributed by atoms with van der Waals surface area (Å²) in [5.41, 5.74) is 2.90. The van der Waals surface area contributed by atoms with Crippen LogP contribution in [0.5, 0.6) is 11.5 Å². The first kappa shape index (κ1) is 34.2. The average Bonchev–Trinajstić information content (AvgIpc) is 3.48. The van der Waals surface area contributed by atoms with Gasteiger partial charge in [0.25, 0.3) is 11.8 Å². The van der Waals surface area contributed by atoms with E-state index in [-0.39, 0.29) is 35.1 Å². The lowest BCUT2D eigenvalue weighted by atomic mass is 9.56. The number of hydrogen-bond acceptors (Lipinski definition) is 7. The van der Waals surface area contributed by atoms with E-state index in [0.717, 1.165) is 28.4 Å². The summed E-state index contributed by atoms with van der Waals surface area (Å²) in [5, 5.41) is 13.8. The van der Waals surface area contributed by atoms with Crippen LogP contribution in [0.15, 0.2) is 103 Å². The Morgan fingerprint density at radius 2 is 1.46 bits per heavy atom. The van der Waals surface area contributed by atoms with E-state index in [1.54, 1.807) is 30.3 Å². The molecule has 4 amide bonds. The zero-order valence-corrected chi connectivity index (χ0v) is 29.6. The van der Waals surface area contributed by atoms with E-state index in [2.05, 4.69) is 5.32 Å². The van der Waals surface area contributed by atoms with Gasteiger partial charge >= 0.3 is 0 Å². The molecule has 2 saturated heterocycles. The zero-order valence-electron chi connectivity index (χ0n) is 27.4. The number of carbonyl (C=O) groups excluding carboxylic acids is 4. The normalized spacial score (nSPS) is 28.0. The van der Waals surface area contributed by atoms with Gasteiger partial charge in [-0.15, -0.1) is 23.2 Å². The lowest BCUT2D eigenvalue weighted by Gasteiger charge is -2.50. The number of anilines is 4. The quantitative estimate of drug-likeness (QED) is 0.118. The fourth-order valence-electron chi connectivity index (χ4n) is 8.33. The predicted molar refractivity (Wildman–Crippen MR) is 195 cm³/mol. The first-order chi connectivity index (χ1) is 24.9. The smallest absolute Gasteiger partial charge is 0.258 e. The van der Waals surface area contributed by atoms with E-state index in [9.17, 15) is 28.7 Å². The van der Waals surface area contributed by atoms with Gasteiger partial charge in [-0.1, -0.05) is 41.4 Å². The van der Waals surface area contributed by atoms with Crippen LogP contribution in [0.1, 0.15) is 24.3 Å². The monoisotopic (exact) mass is 759 g/mol. The second kappa shape index (κ2) is 12.4. The van der Waals surface area contributed by atoms with E-state index in [1.807, 2.05) is 30.3 Å². The van der Waals surface area contributed by atoms with E-state index in [1.165, 1.54) is 36.3 Å². The average molecular weight is 761 g/mol. The highest BCUT2D eigenvalue weighted by Gasteiger charge is 2.76. The lowest BCUT2D eigenvalue weighted by molar-refractivity contribution is -0.125. The zero-order chi connectivity index (χ0) is 36.7. The first-order valence-electron chi connectivity index (χ1n) is 16.5. The molecule has 1 saturated carbocycles. The number of hydrogen-bond donors (Lipinski definition) is 2. The van der Waals surface area contributed by atoms with Gasteiger partial charge in [-0.25, -0.2) is 9.29 Å². The molecule has 13 heteroatoms. The molecule has 2 aliphatic carbocycles. The van der Waals surface area contributed by atoms with Crippen molar-refractivity contribution in [1.29, 1.82) is 0 Å². The number of methoxy groups -OCH3 is 1. The van der Waals surface area contributed by atoms with Crippen LogP contribution >= 0.6 is 34.8 Å². The molecule has 6 atom stereocenters. The van der Waals surface area contributed by atoms with Crippen molar-refractivity contribution in [1.82, 2.24) is 0 Å². The van der Waals surface area contributed by atoms with Crippen molar-refractivity contribution in [2.45, 2.75) is 28.5 Å². The molecular formula is C39H29Cl3FN3O6. The maximum Gasteiger partial charge on any atom is 0.258 e. The van der Waals surface area contributed by atoms with Crippen LogP contribution in [0, 0.1) is 23.6 Å². The molecule has 8 rings (SSSR count). The van der Waals surface area contributed by atoms with Crippen molar-refractivity contribution in [2.24, 2.45) is 17.8 Å². The van der Waals surface area contributed by atoms with Gasteiger partial charge in [0.1, 0.15) is 5.82 Å². The first-order valence-corrected chi connectivity index (χ1v) is 17.6. The standard InChI is InChI=1S/C39H29Cl3FN3O6/c1-52-30-18-20(17-29(40)33(30)47)32-26-15-16-27-31(35(49)45(34(27)48)24-13-9-23(10-14-24)44-22-5-3-2-4-6-22)28(26)19-38(41)36(50)46(37(51)39(32,38)42)25-11-7-21(43)8-12-25/h2-15,17-18,27-28,31-32,44,47H,16,19H2,1H3. The van der Waals surface area contributed by atoms with Crippen LogP contribution in [0.25, 0.3) is 0 Å². The minimum Gasteiger partial charge on any atom is -0.503 e. The summed E-state index contributed by atoms with van der Waals surface area (Å²) in [5.74, 6) is -7.20. The molecule has 0 bridgehead atoms. The van der Waals surface area contributed by atoms with Gasteiger partial charge in [-0.3, -0.25) is 24.1 Å². The number of benzene rings is 4. The van der Waals surface area contributed by atoms with Crippen LogP contribution < -0.4 is 19.9 Å². The Hall–Kier alpha value is -4.90. The minimum atomic E-state index is -2.17. The minimum absolute atomic E-state index is 0.0185. The molecule has 6 unspecified atom stereocenters. The maximum absolute atomic E-state index is 14.6. The number of carbonyl (C=O) groups is 4. The molecule has 52 heavy (non-hydrogen) atoms. The molecule has 4 aliphatic rings. The summed E-state index contributed by atoms with van der Waals surface area (Å²) in [7, 11) is 1.33. The molecule has 0 aromatic heterocycles. The summed E-state index contributed by atoms with van der Waals surface area (Å²) < 4.78 is 19.3. The van der Waals surface area contributed by atoms with Gasteiger partial charge in [0.15, 0.2) is 21.2 Å². The number of alkyl halides is 2. The van der Waals surface area contributed by atoms with Crippen LogP contribution in [0.3, 0.4) is 0 Å². The highest BCUT2D eigenvalue weighted by molar-refractivity contribution is 6.58. The Morgan fingerprint density at radius 3 is 2.13 bits per heavy atom. The second-order valence-corrected chi connectivity index (χ2v) is 15.0. The van der Waals surface area contributed by atoms with Crippen molar-refractivity contribution < 1.29 is 33.4 Å². The summed E-state index contributed by atoms with van der Waals surface area (Å²) in [6.07, 6.45) is 1.69. The third kappa shape index (κ3) is 4.88. The summed E-state index contributed by atoms with van der Waals surface area (Å²) in [4.78, 5) is 55.3. The molecule has 4 aromatic rings. The molecule has 0 radical (unpaired) electrons. The Balaban J connectivity index is 1.22. The Bertz CT molecular complexity index is 2200. The number of imide groups is 2. The number of nitrogens with zero attached hydrogens (tertiary/aromatic N) is 2. The van der Waals surface area contributed by atoms with Crippen molar-refractivity contribution in [3.63, 3.8) is 0 Å². The van der Waals surface area contributed by atoms with Crippen molar-refractivity contribution in [2.75, 3.05) is 22.2 Å². The van der Waals surface area contributed by atoms with Crippen molar-refractivity contribution in [3.8, 4) is 11.5 Å². The van der Waals surface area contributed by atoms with Crippen LogP contribution in [-0.4, -0.2) is 45.6 Å². The van der Waals surface area contributed by atoms with Crippen molar-refractivity contribution >= 4 is 81.2 Å². The summed E-state index contributed by atoms with van der Waals surface area (Å²) >= 11 is 21.3. The van der Waals surface area contributed by atoms with Gasteiger partial charge in [-0.2, -0.15) is 0 Å². The molecule has 9 nitrogen and oxygen atoms in total. The largest absolute Gasteiger partial charge is 0.503 e. The third-order valence-corrected chi connectivity index (χ3v) is 12.4. The van der Waals surface area contributed by atoms with Gasteiger partial charge in [0.05, 0.1) is 35.3 Å². The number of halogens is 4. The number of fused-ring (bicyclic) bond motifs is 4. The second-order valence-electron chi connectivity index (χ2n) is 13.4. The van der Waals surface area contributed by atoms with Gasteiger partial charge in [0.2, 0.25) is 11.8 Å². The number of amides is 4. The van der Waals surface area contributed by atoms with Gasteiger partial charge in [0, 0.05) is 17.3 Å². The number of ether oxygens (including phenoxy) is 1. The lowest BCUT2D eigenvalue weighted by Crippen LogP contribution is -2.60. The number of phenolic OH excluding ortho intramolecular Hbond substituents is 1. The van der Waals surface area contributed by atoms with Crippen molar-refractivity contribution in [3.05, 3.63) is 119 Å². The summed E-state index contributed by atoms with van der Waals surface area (Å²) in [6, 6.07) is 24.1. The van der Waals surface area contributed by atoms with Gasteiger partial charge < -0.3 is 15.2 Å². The molecule has 2 N–H and O–H groups in total. The third-order valence-electron chi connectivity index (χ3n) is 10.7. The molecule has 0 spiro atoms. The number of allylic oxidation sites excluding steroid dienone is 2. The number of aromatic hydroxyl groups is 1. The number of phenols is 1. The van der Waals surface area contributed by atoms with Crippen LogP contribution in [-0.2, 0) is 19.2 Å². The molecule has 4 aromatic carbocycles. The molecule has 2 heterocycles. The molecule has 3 fully saturated rings. The van der Waals surface area contributed by atoms with E-state index in [4.69, 9.17) is 39.5 Å². The molecule has 264 valence electrons. The molecule has 2 aliphatic heterocycles. The molecular weight excluding hydrogens is 732 g/mol. The fourth-order valence-corrected chi connectivity index (χ4v) is 9.48. The SMILES string of the molecule is COc1cc(C2C3=CCC4C(=O)N(c5ccc(Nc6ccccc6)cc5)C(=O)C4C3CC3(Cl)C(=O)N(c4ccc(F)cc4)C(=O)C23Cl)cc(Cl)c1O. The van der Waals surface area contributed by atoms with Crippen LogP contribution in [0.2, 0.25) is 5.02 Å². The number of nitrogens with one attached hydrogen (secondary N) is 1. The Morgan fingerprint density at radius 1 is 0.827 bits per heavy atom. The predicted octanol–water partition coefficient (Wildman–Crippen LogP) is 7.70. The summed E-state index contributed by atoms with van der Waals surface area (Å²) in [6.45, 7) is 0. The van der Waals surface area contributed by atoms with Gasteiger partial charge in [-0.05, 0) is 97.1 Å². The van der Waals surface area contributed by atoms with E-state index >= 15 is 0 Å². The number of rotatable bonds is 6. The van der Waals surface area contributed by atoms with E-state index < -0.39 is 62.9 Å².